The van der Waals surface area contributed by atoms with Gasteiger partial charge in [0.2, 0.25) is 0 Å². The Morgan fingerprint density at radius 1 is 1.24 bits per heavy atom. The summed E-state index contributed by atoms with van der Waals surface area (Å²) >= 11 is 0. The van der Waals surface area contributed by atoms with E-state index in [9.17, 15) is 0 Å². The molecular weight excluding hydrogens is 214 g/mol. The van der Waals surface area contributed by atoms with Gasteiger partial charge in [0.15, 0.2) is 0 Å². The zero-order chi connectivity index (χ0) is 11.9. The first-order valence-corrected chi connectivity index (χ1v) is 5.23. The van der Waals surface area contributed by atoms with Gasteiger partial charge in [-0.1, -0.05) is 0 Å². The highest BCUT2D eigenvalue weighted by molar-refractivity contribution is 5.38. The van der Waals surface area contributed by atoms with E-state index in [0.29, 0.717) is 11.5 Å². The predicted molar refractivity (Wildman–Crippen MR) is 63.2 cm³/mol. The molecule has 2 heterocycles. The van der Waals surface area contributed by atoms with Crippen molar-refractivity contribution in [2.75, 3.05) is 11.9 Å². The van der Waals surface area contributed by atoms with E-state index in [1.165, 1.54) is 11.9 Å². The summed E-state index contributed by atoms with van der Waals surface area (Å²) in [5, 5.41) is 11.8. The summed E-state index contributed by atoms with van der Waals surface area (Å²) in [6.07, 6.45) is 5.81. The Balaban J connectivity index is 1.88. The fourth-order valence-corrected chi connectivity index (χ4v) is 1.40. The van der Waals surface area contributed by atoms with Gasteiger partial charge in [0.05, 0.1) is 0 Å². The average molecular weight is 225 g/mol. The Kier molecular flexibility index (Phi) is 3.61. The zero-order valence-corrected chi connectivity index (χ0v) is 9.17. The number of rotatable bonds is 4. The molecule has 0 atom stereocenters. The van der Waals surface area contributed by atoms with Crippen LogP contribution in [0.15, 0.2) is 36.9 Å². The summed E-state index contributed by atoms with van der Waals surface area (Å²) < 4.78 is 0. The average Bonchev–Trinajstić information content (AvgIpc) is 2.40. The van der Waals surface area contributed by atoms with Crippen LogP contribution >= 0.6 is 0 Å². The molecule has 5 heteroatoms. The largest absolute Gasteiger partial charge is 0.370 e. The molecule has 0 saturated carbocycles. The Bertz CT molecular complexity index is 518. The first kappa shape index (κ1) is 11.0. The molecule has 0 unspecified atom stereocenters. The molecule has 17 heavy (non-hydrogen) atoms. The van der Waals surface area contributed by atoms with Gasteiger partial charge in [-0.3, -0.25) is 4.98 Å². The molecule has 0 amide bonds. The normalized spacial score (nSPS) is 9.59. The van der Waals surface area contributed by atoms with Crippen molar-refractivity contribution < 1.29 is 0 Å². The van der Waals surface area contributed by atoms with Gasteiger partial charge in [0, 0.05) is 25.0 Å². The van der Waals surface area contributed by atoms with Crippen LogP contribution in [0.25, 0.3) is 0 Å². The molecule has 0 spiro atoms. The van der Waals surface area contributed by atoms with Crippen molar-refractivity contribution in [3.05, 3.63) is 48.2 Å². The summed E-state index contributed by atoms with van der Waals surface area (Å²) in [5.41, 5.74) is 1.58. The molecule has 0 aliphatic rings. The smallest absolute Gasteiger partial charge is 0.145 e. The van der Waals surface area contributed by atoms with Crippen LogP contribution in [0.4, 0.5) is 5.82 Å². The minimum Gasteiger partial charge on any atom is -0.370 e. The summed E-state index contributed by atoms with van der Waals surface area (Å²) in [6, 6.07) is 7.56. The van der Waals surface area contributed by atoms with E-state index < -0.39 is 0 Å². The molecule has 0 aliphatic carbocycles. The van der Waals surface area contributed by atoms with E-state index in [2.05, 4.69) is 20.3 Å². The fourth-order valence-electron chi connectivity index (χ4n) is 1.40. The minimum absolute atomic E-state index is 0.367. The van der Waals surface area contributed by atoms with Gasteiger partial charge in [-0.15, -0.1) is 0 Å². The highest BCUT2D eigenvalue weighted by atomic mass is 15.0. The lowest BCUT2D eigenvalue weighted by molar-refractivity contribution is 0.992. The predicted octanol–water partition coefficient (Wildman–Crippen LogP) is 1.40. The quantitative estimate of drug-likeness (QED) is 0.851. The second-order valence-corrected chi connectivity index (χ2v) is 3.43. The molecule has 0 bridgehead atoms. The van der Waals surface area contributed by atoms with Crippen molar-refractivity contribution in [3.8, 4) is 6.07 Å². The number of nitrogens with zero attached hydrogens (tertiary/aromatic N) is 4. The highest BCUT2D eigenvalue weighted by Gasteiger charge is 1.97. The van der Waals surface area contributed by atoms with Gasteiger partial charge in [-0.2, -0.15) is 5.26 Å². The third-order valence-corrected chi connectivity index (χ3v) is 2.25. The van der Waals surface area contributed by atoms with Crippen LogP contribution in [0.5, 0.6) is 0 Å². The molecule has 0 aliphatic heterocycles. The van der Waals surface area contributed by atoms with Crippen molar-refractivity contribution in [3.63, 3.8) is 0 Å². The monoisotopic (exact) mass is 225 g/mol. The van der Waals surface area contributed by atoms with E-state index >= 15 is 0 Å². The highest BCUT2D eigenvalue weighted by Crippen LogP contribution is 2.03. The number of anilines is 1. The van der Waals surface area contributed by atoms with Gasteiger partial charge >= 0.3 is 0 Å². The molecule has 0 fully saturated rings. The standard InChI is InChI=1S/C12H11N5/c13-8-11-7-12(17-9-16-11)15-6-3-10-1-4-14-5-2-10/h1-2,4-5,7,9H,3,6H2,(H,15,16,17). The molecule has 0 saturated heterocycles. The Morgan fingerprint density at radius 3 is 2.82 bits per heavy atom. The maximum atomic E-state index is 8.69. The van der Waals surface area contributed by atoms with Crippen molar-refractivity contribution in [2.45, 2.75) is 6.42 Å². The maximum absolute atomic E-state index is 8.69. The van der Waals surface area contributed by atoms with Crippen LogP contribution in [-0.2, 0) is 6.42 Å². The van der Waals surface area contributed by atoms with Crippen LogP contribution in [-0.4, -0.2) is 21.5 Å². The molecule has 2 aromatic rings. The number of pyridine rings is 1. The van der Waals surface area contributed by atoms with E-state index in [1.807, 2.05) is 18.2 Å². The number of nitrogens with one attached hydrogen (secondary N) is 1. The summed E-state index contributed by atoms with van der Waals surface area (Å²) in [4.78, 5) is 11.8. The number of hydrogen-bond acceptors (Lipinski definition) is 5. The van der Waals surface area contributed by atoms with Gasteiger partial charge in [-0.25, -0.2) is 9.97 Å². The second-order valence-electron chi connectivity index (χ2n) is 3.43. The van der Waals surface area contributed by atoms with Crippen LogP contribution < -0.4 is 5.32 Å². The number of nitriles is 1. The van der Waals surface area contributed by atoms with Gasteiger partial charge in [0.25, 0.3) is 0 Å². The first-order chi connectivity index (χ1) is 8.38. The van der Waals surface area contributed by atoms with Crippen LogP contribution in [0.1, 0.15) is 11.3 Å². The number of aromatic nitrogens is 3. The Morgan fingerprint density at radius 2 is 2.06 bits per heavy atom. The molecule has 0 aromatic carbocycles. The third-order valence-electron chi connectivity index (χ3n) is 2.25. The van der Waals surface area contributed by atoms with Gasteiger partial charge in [-0.05, 0) is 24.1 Å². The van der Waals surface area contributed by atoms with Crippen LogP contribution in [0.3, 0.4) is 0 Å². The zero-order valence-electron chi connectivity index (χ0n) is 9.17. The van der Waals surface area contributed by atoms with E-state index in [-0.39, 0.29) is 0 Å². The van der Waals surface area contributed by atoms with Crippen LogP contribution in [0.2, 0.25) is 0 Å². The molecule has 2 rings (SSSR count). The lowest BCUT2D eigenvalue weighted by Crippen LogP contribution is -2.06. The molecule has 5 nitrogen and oxygen atoms in total. The molecular formula is C12H11N5. The summed E-state index contributed by atoms with van der Waals surface area (Å²) in [5.74, 6) is 0.672. The van der Waals surface area contributed by atoms with E-state index in [4.69, 9.17) is 5.26 Å². The van der Waals surface area contributed by atoms with Crippen molar-refractivity contribution in [2.24, 2.45) is 0 Å². The second kappa shape index (κ2) is 5.56. The number of hydrogen-bond donors (Lipinski definition) is 1. The SMILES string of the molecule is N#Cc1cc(NCCc2ccncc2)ncn1. The van der Waals surface area contributed by atoms with E-state index in [0.717, 1.165) is 13.0 Å². The molecule has 84 valence electrons. The van der Waals surface area contributed by atoms with Crippen molar-refractivity contribution >= 4 is 5.82 Å². The van der Waals surface area contributed by atoms with Gasteiger partial charge in [0.1, 0.15) is 23.9 Å². The Hall–Kier alpha value is -2.48. The summed E-state index contributed by atoms with van der Waals surface area (Å²) in [7, 11) is 0. The maximum Gasteiger partial charge on any atom is 0.145 e. The van der Waals surface area contributed by atoms with Crippen LogP contribution in [0, 0.1) is 11.3 Å². The van der Waals surface area contributed by atoms with Gasteiger partial charge < -0.3 is 5.32 Å². The lowest BCUT2D eigenvalue weighted by atomic mass is 10.2. The Labute approximate surface area is 99.2 Å². The molecule has 0 radical (unpaired) electrons. The minimum atomic E-state index is 0.367. The molecule has 1 N–H and O–H groups in total. The lowest BCUT2D eigenvalue weighted by Gasteiger charge is -2.04. The van der Waals surface area contributed by atoms with Crippen molar-refractivity contribution in [1.29, 1.82) is 5.26 Å². The van der Waals surface area contributed by atoms with E-state index in [1.54, 1.807) is 18.5 Å². The fraction of sp³-hybridized carbons (Fsp3) is 0.167. The topological polar surface area (TPSA) is 74.5 Å². The summed E-state index contributed by atoms with van der Waals surface area (Å²) in [6.45, 7) is 0.756. The van der Waals surface area contributed by atoms with Crippen molar-refractivity contribution in [1.82, 2.24) is 15.0 Å². The third kappa shape index (κ3) is 3.24. The first-order valence-electron chi connectivity index (χ1n) is 5.23. The molecule has 2 aromatic heterocycles.